The Labute approximate surface area is 120 Å². The van der Waals surface area contributed by atoms with Crippen molar-refractivity contribution >= 4 is 23.6 Å². The van der Waals surface area contributed by atoms with Crippen LogP contribution in [0.4, 0.5) is 0 Å². The first-order valence-electron chi connectivity index (χ1n) is 6.07. The van der Waals surface area contributed by atoms with Crippen molar-refractivity contribution in [2.75, 3.05) is 19.0 Å². The van der Waals surface area contributed by atoms with Crippen molar-refractivity contribution in [1.29, 1.82) is 0 Å². The van der Waals surface area contributed by atoms with Gasteiger partial charge in [0.2, 0.25) is 0 Å². The summed E-state index contributed by atoms with van der Waals surface area (Å²) >= 11 is 1.29. The van der Waals surface area contributed by atoms with Crippen molar-refractivity contribution in [1.82, 2.24) is 0 Å². The van der Waals surface area contributed by atoms with Crippen LogP contribution in [0.5, 0.6) is 11.5 Å². The molecule has 0 unspecified atom stereocenters. The molecule has 20 heavy (non-hydrogen) atoms. The topological polar surface area (TPSA) is 87.8 Å². The quantitative estimate of drug-likeness (QED) is 0.643. The molecule has 1 aromatic rings. The molecule has 1 aromatic carbocycles. The Kier molecular flexibility index (Phi) is 4.73. The number of rotatable bonds is 5. The number of carbonyl (C=O) groups excluding carboxylic acids is 2. The molecule has 1 amide bonds. The summed E-state index contributed by atoms with van der Waals surface area (Å²) in [5.41, 5.74) is 5.01. The largest absolute Gasteiger partial charge is 0.486 e. The Morgan fingerprint density at radius 3 is 2.75 bits per heavy atom. The van der Waals surface area contributed by atoms with Crippen molar-refractivity contribution in [3.63, 3.8) is 0 Å². The zero-order valence-corrected chi connectivity index (χ0v) is 11.8. The van der Waals surface area contributed by atoms with Gasteiger partial charge in [0.05, 0.1) is 5.75 Å². The summed E-state index contributed by atoms with van der Waals surface area (Å²) in [6.45, 7) is 2.49. The van der Waals surface area contributed by atoms with Crippen LogP contribution in [0.2, 0.25) is 0 Å². The standard InChI is InChI=1S/C13H15NO5S/c1-8(13(14)16)19-12(15)7-20-9-2-3-10-11(6-9)18-5-4-17-10/h2-3,6,8H,4-5,7H2,1H3,(H2,14,16)/t8-/m1/s1. The van der Waals surface area contributed by atoms with Gasteiger partial charge in [-0.15, -0.1) is 11.8 Å². The zero-order chi connectivity index (χ0) is 14.5. The van der Waals surface area contributed by atoms with Gasteiger partial charge in [-0.05, 0) is 25.1 Å². The van der Waals surface area contributed by atoms with Crippen molar-refractivity contribution in [2.24, 2.45) is 5.73 Å². The van der Waals surface area contributed by atoms with Crippen LogP contribution in [0.15, 0.2) is 23.1 Å². The van der Waals surface area contributed by atoms with Gasteiger partial charge in [0, 0.05) is 4.90 Å². The van der Waals surface area contributed by atoms with Gasteiger partial charge < -0.3 is 19.9 Å². The minimum absolute atomic E-state index is 0.0945. The molecule has 0 aliphatic carbocycles. The van der Waals surface area contributed by atoms with Crippen LogP contribution < -0.4 is 15.2 Å². The molecule has 0 radical (unpaired) electrons. The summed E-state index contributed by atoms with van der Waals surface area (Å²) in [5.74, 6) is 0.307. The van der Waals surface area contributed by atoms with Crippen LogP contribution in [0.1, 0.15) is 6.92 Å². The third-order valence-electron chi connectivity index (χ3n) is 2.58. The number of fused-ring (bicyclic) bond motifs is 1. The lowest BCUT2D eigenvalue weighted by Crippen LogP contribution is -2.31. The van der Waals surface area contributed by atoms with E-state index in [1.165, 1.54) is 18.7 Å². The molecule has 0 bridgehead atoms. The number of ether oxygens (including phenoxy) is 3. The molecule has 6 nitrogen and oxygen atoms in total. The van der Waals surface area contributed by atoms with Crippen LogP contribution in [-0.2, 0) is 14.3 Å². The van der Waals surface area contributed by atoms with Gasteiger partial charge in [-0.25, -0.2) is 0 Å². The molecule has 2 rings (SSSR count). The van der Waals surface area contributed by atoms with E-state index in [0.29, 0.717) is 24.7 Å². The average molecular weight is 297 g/mol. The van der Waals surface area contributed by atoms with E-state index in [1.54, 1.807) is 6.07 Å². The highest BCUT2D eigenvalue weighted by Gasteiger charge is 2.16. The van der Waals surface area contributed by atoms with Crippen molar-refractivity contribution in [2.45, 2.75) is 17.9 Å². The number of primary amides is 1. The monoisotopic (exact) mass is 297 g/mol. The van der Waals surface area contributed by atoms with Crippen LogP contribution >= 0.6 is 11.8 Å². The van der Waals surface area contributed by atoms with Gasteiger partial charge in [-0.3, -0.25) is 9.59 Å². The van der Waals surface area contributed by atoms with Crippen LogP contribution in [0.25, 0.3) is 0 Å². The minimum atomic E-state index is -0.914. The minimum Gasteiger partial charge on any atom is -0.486 e. The van der Waals surface area contributed by atoms with E-state index in [9.17, 15) is 9.59 Å². The molecule has 1 aliphatic heterocycles. The molecule has 0 aromatic heterocycles. The molecule has 108 valence electrons. The number of hydrogen-bond donors (Lipinski definition) is 1. The number of benzene rings is 1. The van der Waals surface area contributed by atoms with E-state index in [2.05, 4.69) is 0 Å². The predicted octanol–water partition coefficient (Wildman–Crippen LogP) is 0.967. The van der Waals surface area contributed by atoms with E-state index in [-0.39, 0.29) is 5.75 Å². The molecule has 0 saturated heterocycles. The summed E-state index contributed by atoms with van der Waals surface area (Å²) in [6, 6.07) is 5.45. The second kappa shape index (κ2) is 6.51. The lowest BCUT2D eigenvalue weighted by atomic mass is 10.3. The maximum atomic E-state index is 11.5. The molecule has 1 heterocycles. The Morgan fingerprint density at radius 1 is 1.35 bits per heavy atom. The lowest BCUT2D eigenvalue weighted by Gasteiger charge is -2.18. The van der Waals surface area contributed by atoms with Crippen LogP contribution in [0.3, 0.4) is 0 Å². The van der Waals surface area contributed by atoms with E-state index in [0.717, 1.165) is 4.90 Å². The van der Waals surface area contributed by atoms with E-state index >= 15 is 0 Å². The molecule has 1 aliphatic rings. The molecule has 0 fully saturated rings. The van der Waals surface area contributed by atoms with Gasteiger partial charge in [-0.1, -0.05) is 0 Å². The summed E-state index contributed by atoms with van der Waals surface area (Å²) < 4.78 is 15.7. The van der Waals surface area contributed by atoms with Crippen LogP contribution in [-0.4, -0.2) is 36.9 Å². The fourth-order valence-corrected chi connectivity index (χ4v) is 2.25. The Morgan fingerprint density at radius 2 is 2.05 bits per heavy atom. The summed E-state index contributed by atoms with van der Waals surface area (Å²) in [7, 11) is 0. The number of amides is 1. The van der Waals surface area contributed by atoms with Crippen molar-refractivity contribution in [3.8, 4) is 11.5 Å². The van der Waals surface area contributed by atoms with Gasteiger partial charge in [-0.2, -0.15) is 0 Å². The first kappa shape index (κ1) is 14.5. The first-order valence-corrected chi connectivity index (χ1v) is 7.06. The fourth-order valence-electron chi connectivity index (χ4n) is 1.54. The van der Waals surface area contributed by atoms with Gasteiger partial charge in [0.1, 0.15) is 13.2 Å². The molecule has 0 spiro atoms. The number of thioether (sulfide) groups is 1. The number of esters is 1. The summed E-state index contributed by atoms with van der Waals surface area (Å²) in [4.78, 5) is 23.1. The van der Waals surface area contributed by atoms with Gasteiger partial charge >= 0.3 is 5.97 Å². The lowest BCUT2D eigenvalue weighted by molar-refractivity contribution is -0.151. The summed E-state index contributed by atoms with van der Waals surface area (Å²) in [5, 5.41) is 0. The molecule has 1 atom stereocenters. The summed E-state index contributed by atoms with van der Waals surface area (Å²) in [6.07, 6.45) is -0.914. The maximum absolute atomic E-state index is 11.5. The molecule has 2 N–H and O–H groups in total. The molecule has 7 heteroatoms. The second-order valence-electron chi connectivity index (χ2n) is 4.13. The average Bonchev–Trinajstić information content (AvgIpc) is 2.44. The zero-order valence-electron chi connectivity index (χ0n) is 11.0. The number of nitrogens with two attached hydrogens (primary N) is 1. The molecular formula is C13H15NO5S. The SMILES string of the molecule is C[C@@H](OC(=O)CSc1ccc2c(c1)OCCO2)C(N)=O. The normalized spacial score (nSPS) is 14.4. The van der Waals surface area contributed by atoms with E-state index in [4.69, 9.17) is 19.9 Å². The predicted molar refractivity (Wildman–Crippen MR) is 72.9 cm³/mol. The van der Waals surface area contributed by atoms with Gasteiger partial charge in [0.15, 0.2) is 17.6 Å². The smallest absolute Gasteiger partial charge is 0.317 e. The Balaban J connectivity index is 1.88. The number of carbonyl (C=O) groups is 2. The Bertz CT molecular complexity index is 519. The third-order valence-corrected chi connectivity index (χ3v) is 3.55. The highest BCUT2D eigenvalue weighted by Crippen LogP contribution is 2.34. The molecular weight excluding hydrogens is 282 g/mol. The van der Waals surface area contributed by atoms with Crippen LogP contribution in [0, 0.1) is 0 Å². The van der Waals surface area contributed by atoms with E-state index in [1.807, 2.05) is 12.1 Å². The Hall–Kier alpha value is -1.89. The highest BCUT2D eigenvalue weighted by atomic mass is 32.2. The van der Waals surface area contributed by atoms with Crippen molar-refractivity contribution in [3.05, 3.63) is 18.2 Å². The van der Waals surface area contributed by atoms with Crippen molar-refractivity contribution < 1.29 is 23.8 Å². The van der Waals surface area contributed by atoms with Gasteiger partial charge in [0.25, 0.3) is 5.91 Å². The second-order valence-corrected chi connectivity index (χ2v) is 5.18. The first-order chi connectivity index (χ1) is 9.56. The molecule has 0 saturated carbocycles. The highest BCUT2D eigenvalue weighted by molar-refractivity contribution is 8.00. The number of hydrogen-bond acceptors (Lipinski definition) is 6. The maximum Gasteiger partial charge on any atom is 0.317 e. The fraction of sp³-hybridized carbons (Fsp3) is 0.385. The third kappa shape index (κ3) is 3.80. The van der Waals surface area contributed by atoms with E-state index < -0.39 is 18.0 Å².